The van der Waals surface area contributed by atoms with Crippen LogP contribution in [-0.4, -0.2) is 24.7 Å². The van der Waals surface area contributed by atoms with E-state index < -0.39 is 0 Å². The van der Waals surface area contributed by atoms with E-state index in [1.54, 1.807) is 11.8 Å². The van der Waals surface area contributed by atoms with Crippen molar-refractivity contribution in [1.82, 2.24) is 5.32 Å². The molecule has 1 heterocycles. The second-order valence-corrected chi connectivity index (χ2v) is 8.22. The summed E-state index contributed by atoms with van der Waals surface area (Å²) < 4.78 is 0. The van der Waals surface area contributed by atoms with Crippen molar-refractivity contribution in [2.24, 2.45) is 5.92 Å². The highest BCUT2D eigenvalue weighted by Gasteiger charge is 2.17. The Hall–Kier alpha value is -1.94. The van der Waals surface area contributed by atoms with Gasteiger partial charge in [-0.1, -0.05) is 37.3 Å². The first-order chi connectivity index (χ1) is 12.6. The van der Waals surface area contributed by atoms with Crippen LogP contribution in [0.3, 0.4) is 0 Å². The molecule has 0 spiro atoms. The van der Waals surface area contributed by atoms with Crippen LogP contribution in [0, 0.1) is 5.92 Å². The van der Waals surface area contributed by atoms with E-state index in [2.05, 4.69) is 41.4 Å². The fourth-order valence-electron chi connectivity index (χ4n) is 3.43. The first-order valence-electron chi connectivity index (χ1n) is 9.44. The van der Waals surface area contributed by atoms with Gasteiger partial charge in [-0.2, -0.15) is 0 Å². The third kappa shape index (κ3) is 5.28. The van der Waals surface area contributed by atoms with E-state index in [4.69, 9.17) is 0 Å². The van der Waals surface area contributed by atoms with Crippen LogP contribution in [0.5, 0.6) is 0 Å². The number of anilines is 1. The number of carbonyl (C=O) groups excluding carboxylic acids is 1. The minimum atomic E-state index is 0.0215. The smallest absolute Gasteiger partial charge is 0.230 e. The molecule has 138 valence electrons. The van der Waals surface area contributed by atoms with E-state index in [9.17, 15) is 4.79 Å². The number of nitrogens with one attached hydrogen (secondary N) is 1. The summed E-state index contributed by atoms with van der Waals surface area (Å²) >= 11 is 1.57. The zero-order valence-electron chi connectivity index (χ0n) is 15.7. The third-order valence-electron chi connectivity index (χ3n) is 4.91. The number of hydrogen-bond acceptors (Lipinski definition) is 3. The average Bonchev–Trinajstić information content (AvgIpc) is 2.67. The molecular weight excluding hydrogens is 340 g/mol. The third-order valence-corrected chi connectivity index (χ3v) is 5.92. The lowest BCUT2D eigenvalue weighted by molar-refractivity contribution is -0.119. The van der Waals surface area contributed by atoms with E-state index >= 15 is 0 Å². The Kier molecular flexibility index (Phi) is 6.62. The highest BCUT2D eigenvalue weighted by molar-refractivity contribution is 8.00. The molecular formula is C22H28N2OS. The lowest BCUT2D eigenvalue weighted by Crippen LogP contribution is -2.34. The van der Waals surface area contributed by atoms with Crippen molar-refractivity contribution < 1.29 is 4.79 Å². The lowest BCUT2D eigenvalue weighted by Gasteiger charge is -2.33. The van der Waals surface area contributed by atoms with Crippen molar-refractivity contribution in [2.45, 2.75) is 37.6 Å². The molecule has 2 aromatic rings. The van der Waals surface area contributed by atoms with E-state index in [-0.39, 0.29) is 11.9 Å². The van der Waals surface area contributed by atoms with E-state index in [0.29, 0.717) is 5.75 Å². The topological polar surface area (TPSA) is 32.3 Å². The van der Waals surface area contributed by atoms with Gasteiger partial charge < -0.3 is 10.2 Å². The van der Waals surface area contributed by atoms with Gasteiger partial charge in [0.15, 0.2) is 0 Å². The summed E-state index contributed by atoms with van der Waals surface area (Å²) in [5.41, 5.74) is 2.44. The molecule has 1 aliphatic heterocycles. The Morgan fingerprint density at radius 3 is 2.62 bits per heavy atom. The molecule has 0 unspecified atom stereocenters. The summed E-state index contributed by atoms with van der Waals surface area (Å²) in [4.78, 5) is 15.8. The number of amides is 1. The molecule has 0 aliphatic carbocycles. The molecule has 1 amide bonds. The lowest BCUT2D eigenvalue weighted by atomic mass is 9.99. The molecule has 1 aliphatic rings. The molecule has 0 saturated carbocycles. The van der Waals surface area contributed by atoms with Gasteiger partial charge in [0.1, 0.15) is 0 Å². The van der Waals surface area contributed by atoms with Crippen molar-refractivity contribution >= 4 is 23.4 Å². The van der Waals surface area contributed by atoms with Crippen LogP contribution in [0.25, 0.3) is 0 Å². The second-order valence-electron chi connectivity index (χ2n) is 7.18. The monoisotopic (exact) mass is 368 g/mol. The van der Waals surface area contributed by atoms with Crippen molar-refractivity contribution in [3.63, 3.8) is 0 Å². The maximum Gasteiger partial charge on any atom is 0.230 e. The Balaban J connectivity index is 1.51. The Morgan fingerprint density at radius 2 is 1.92 bits per heavy atom. The number of hydrogen-bond donors (Lipinski definition) is 1. The summed E-state index contributed by atoms with van der Waals surface area (Å²) in [7, 11) is 0. The Bertz CT molecular complexity index is 702. The zero-order valence-corrected chi connectivity index (χ0v) is 16.5. The molecule has 3 rings (SSSR count). The summed E-state index contributed by atoms with van der Waals surface area (Å²) in [6.45, 7) is 6.66. The molecule has 26 heavy (non-hydrogen) atoms. The normalized spacial score (nSPS) is 18.4. The summed E-state index contributed by atoms with van der Waals surface area (Å²) in [6.07, 6.45) is 2.60. The van der Waals surface area contributed by atoms with E-state index in [0.717, 1.165) is 29.5 Å². The van der Waals surface area contributed by atoms with Gasteiger partial charge in [0.05, 0.1) is 11.8 Å². The van der Waals surface area contributed by atoms with Crippen molar-refractivity contribution in [3.8, 4) is 0 Å². The molecule has 4 heteroatoms. The number of piperidine rings is 1. The van der Waals surface area contributed by atoms with Gasteiger partial charge in [-0.3, -0.25) is 4.79 Å². The predicted molar refractivity (Wildman–Crippen MR) is 111 cm³/mol. The van der Waals surface area contributed by atoms with Crippen LogP contribution >= 0.6 is 11.8 Å². The Labute approximate surface area is 161 Å². The largest absolute Gasteiger partial charge is 0.371 e. The molecule has 1 saturated heterocycles. The van der Waals surface area contributed by atoms with Gasteiger partial charge in [-0.05, 0) is 55.5 Å². The molecule has 0 radical (unpaired) electrons. The van der Waals surface area contributed by atoms with Crippen molar-refractivity contribution in [2.75, 3.05) is 23.7 Å². The minimum Gasteiger partial charge on any atom is -0.371 e. The van der Waals surface area contributed by atoms with Crippen LogP contribution in [0.15, 0.2) is 59.5 Å². The first kappa shape index (κ1) is 18.8. The second kappa shape index (κ2) is 9.13. The number of nitrogens with zero attached hydrogens (tertiary/aromatic N) is 1. The van der Waals surface area contributed by atoms with Crippen LogP contribution in [-0.2, 0) is 4.79 Å². The molecule has 2 atom stereocenters. The zero-order chi connectivity index (χ0) is 18.4. The maximum absolute atomic E-state index is 12.2. The average molecular weight is 369 g/mol. The summed E-state index contributed by atoms with van der Waals surface area (Å²) in [5, 5.41) is 3.10. The van der Waals surface area contributed by atoms with Crippen LogP contribution in [0.1, 0.15) is 38.3 Å². The molecule has 1 N–H and O–H groups in total. The van der Waals surface area contributed by atoms with Crippen molar-refractivity contribution in [3.05, 3.63) is 60.2 Å². The first-order valence-corrected chi connectivity index (χ1v) is 10.4. The van der Waals surface area contributed by atoms with Gasteiger partial charge in [0.2, 0.25) is 5.91 Å². The highest BCUT2D eigenvalue weighted by Crippen LogP contribution is 2.25. The SMILES string of the molecule is C[C@H]1CCCN(c2ccc([C@H](C)NC(=O)CSc3ccccc3)cc2)C1. The van der Waals surface area contributed by atoms with Gasteiger partial charge in [0.25, 0.3) is 0 Å². The van der Waals surface area contributed by atoms with E-state index in [1.165, 1.54) is 18.5 Å². The minimum absolute atomic E-state index is 0.0215. The van der Waals surface area contributed by atoms with E-state index in [1.807, 2.05) is 37.3 Å². The standard InChI is InChI=1S/C22H28N2OS/c1-17-7-6-14-24(15-17)20-12-10-19(11-13-20)18(2)23-22(25)16-26-21-8-4-3-5-9-21/h3-5,8-13,17-18H,6-7,14-16H2,1-2H3,(H,23,25)/t17-,18-/m0/s1. The van der Waals surface area contributed by atoms with Gasteiger partial charge in [-0.15, -0.1) is 11.8 Å². The molecule has 0 aromatic heterocycles. The molecule has 3 nitrogen and oxygen atoms in total. The van der Waals surface area contributed by atoms with Crippen molar-refractivity contribution in [1.29, 1.82) is 0 Å². The molecule has 0 bridgehead atoms. The number of thioether (sulfide) groups is 1. The predicted octanol–water partition coefficient (Wildman–Crippen LogP) is 4.89. The van der Waals surface area contributed by atoms with Gasteiger partial charge >= 0.3 is 0 Å². The fourth-order valence-corrected chi connectivity index (χ4v) is 4.16. The quantitative estimate of drug-likeness (QED) is 0.737. The summed E-state index contributed by atoms with van der Waals surface area (Å²) in [5.74, 6) is 1.28. The highest BCUT2D eigenvalue weighted by atomic mass is 32.2. The number of benzene rings is 2. The number of carbonyl (C=O) groups is 1. The summed E-state index contributed by atoms with van der Waals surface area (Å²) in [6, 6.07) is 18.7. The molecule has 1 fully saturated rings. The van der Waals surface area contributed by atoms with Crippen LogP contribution < -0.4 is 10.2 Å². The Morgan fingerprint density at radius 1 is 1.19 bits per heavy atom. The van der Waals surface area contributed by atoms with Gasteiger partial charge in [0, 0.05) is 23.7 Å². The van der Waals surface area contributed by atoms with Crippen LogP contribution in [0.4, 0.5) is 5.69 Å². The van der Waals surface area contributed by atoms with Gasteiger partial charge in [-0.25, -0.2) is 0 Å². The molecule has 2 aromatic carbocycles. The maximum atomic E-state index is 12.2. The van der Waals surface area contributed by atoms with Crippen LogP contribution in [0.2, 0.25) is 0 Å². The fraction of sp³-hybridized carbons (Fsp3) is 0.409. The number of rotatable bonds is 6.